The molecule has 5 nitrogen and oxygen atoms in total. The normalized spacial score (nSPS) is 20.6. The Hall–Kier alpha value is -1.72. The summed E-state index contributed by atoms with van der Waals surface area (Å²) in [4.78, 5) is 23.2. The Bertz CT molecular complexity index is 625. The number of ketones is 1. The number of carbonyl (C=O) groups excluding carboxylic acids is 1. The number of carbonyl (C=O) groups is 2. The van der Waals surface area contributed by atoms with Gasteiger partial charge in [-0.3, -0.25) is 9.59 Å². The molecular formula is C24H36O5. The van der Waals surface area contributed by atoms with Crippen molar-refractivity contribution < 1.29 is 24.5 Å². The van der Waals surface area contributed by atoms with Crippen LogP contribution in [0.1, 0.15) is 94.3 Å². The Morgan fingerprint density at radius 3 is 2.62 bits per heavy atom. The van der Waals surface area contributed by atoms with E-state index < -0.39 is 12.1 Å². The molecular weight excluding hydrogens is 368 g/mol. The second kappa shape index (κ2) is 12.8. The van der Waals surface area contributed by atoms with Crippen molar-refractivity contribution >= 4 is 11.8 Å². The van der Waals surface area contributed by atoms with Crippen molar-refractivity contribution in [2.45, 2.75) is 83.2 Å². The third kappa shape index (κ3) is 7.90. The number of carboxylic acids is 1. The summed E-state index contributed by atoms with van der Waals surface area (Å²) in [6.45, 7) is 3.22. The standard InChI is InChI=1S/C24H36O5/c1-2-3-4-9-21(25)18-12-14-19(15-13-18)24-20(8-7-10-22(24)26)17-29-16-6-5-11-23(27)28/h12-15,20-21,24-25H,2-11,16-17H2,1H3,(H,27,28). The van der Waals surface area contributed by atoms with Gasteiger partial charge in [0.1, 0.15) is 5.78 Å². The minimum absolute atomic E-state index is 0.144. The highest BCUT2D eigenvalue weighted by Crippen LogP contribution is 2.36. The fourth-order valence-electron chi connectivity index (χ4n) is 4.16. The average molecular weight is 405 g/mol. The number of ether oxygens (including phenoxy) is 1. The molecule has 0 bridgehead atoms. The first-order valence-electron chi connectivity index (χ1n) is 11.1. The van der Waals surface area contributed by atoms with E-state index in [1.165, 1.54) is 0 Å². The molecule has 1 aromatic rings. The highest BCUT2D eigenvalue weighted by atomic mass is 16.5. The summed E-state index contributed by atoms with van der Waals surface area (Å²) in [6, 6.07) is 7.90. The molecule has 0 amide bonds. The van der Waals surface area contributed by atoms with Crippen LogP contribution in [0, 0.1) is 5.92 Å². The van der Waals surface area contributed by atoms with E-state index in [2.05, 4.69) is 6.92 Å². The van der Waals surface area contributed by atoms with Gasteiger partial charge in [0.05, 0.1) is 12.7 Å². The Morgan fingerprint density at radius 2 is 1.93 bits per heavy atom. The van der Waals surface area contributed by atoms with E-state index in [1.54, 1.807) is 0 Å². The molecule has 3 unspecified atom stereocenters. The molecule has 0 spiro atoms. The molecule has 1 aromatic carbocycles. The number of aliphatic carboxylic acids is 1. The number of aliphatic hydroxyl groups is 1. The maximum atomic E-state index is 12.6. The number of unbranched alkanes of at least 4 members (excludes halogenated alkanes) is 3. The number of benzene rings is 1. The molecule has 1 fully saturated rings. The zero-order chi connectivity index (χ0) is 21.1. The van der Waals surface area contributed by atoms with Gasteiger partial charge in [0.25, 0.3) is 0 Å². The molecule has 0 radical (unpaired) electrons. The summed E-state index contributed by atoms with van der Waals surface area (Å²) in [5.41, 5.74) is 1.93. The molecule has 162 valence electrons. The van der Waals surface area contributed by atoms with Crippen LogP contribution in [-0.4, -0.2) is 35.2 Å². The third-order valence-corrected chi connectivity index (χ3v) is 5.84. The summed E-state index contributed by atoms with van der Waals surface area (Å²) < 4.78 is 5.79. The van der Waals surface area contributed by atoms with Crippen LogP contribution in [0.3, 0.4) is 0 Å². The van der Waals surface area contributed by atoms with E-state index in [0.29, 0.717) is 26.1 Å². The molecule has 1 aliphatic carbocycles. The Balaban J connectivity index is 1.90. The Kier molecular flexibility index (Phi) is 10.4. The number of hydrogen-bond donors (Lipinski definition) is 2. The van der Waals surface area contributed by atoms with Crippen molar-refractivity contribution in [3.8, 4) is 0 Å². The van der Waals surface area contributed by atoms with Crippen LogP contribution in [0.2, 0.25) is 0 Å². The van der Waals surface area contributed by atoms with Crippen LogP contribution in [-0.2, 0) is 14.3 Å². The van der Waals surface area contributed by atoms with Gasteiger partial charge in [-0.1, -0.05) is 50.5 Å². The molecule has 0 aromatic heterocycles. The lowest BCUT2D eigenvalue weighted by atomic mass is 9.75. The third-order valence-electron chi connectivity index (χ3n) is 5.84. The van der Waals surface area contributed by atoms with E-state index in [0.717, 1.165) is 56.1 Å². The number of Topliss-reactive ketones (excluding diaryl/α,β-unsaturated/α-hetero) is 1. The average Bonchev–Trinajstić information content (AvgIpc) is 2.71. The topological polar surface area (TPSA) is 83.8 Å². The highest BCUT2D eigenvalue weighted by molar-refractivity contribution is 5.86. The van der Waals surface area contributed by atoms with Crippen LogP contribution in [0.25, 0.3) is 0 Å². The van der Waals surface area contributed by atoms with Crippen LogP contribution in [0.15, 0.2) is 24.3 Å². The number of aliphatic hydroxyl groups excluding tert-OH is 1. The smallest absolute Gasteiger partial charge is 0.303 e. The van der Waals surface area contributed by atoms with Gasteiger partial charge in [0, 0.05) is 25.4 Å². The minimum Gasteiger partial charge on any atom is -0.481 e. The van der Waals surface area contributed by atoms with E-state index in [1.807, 2.05) is 24.3 Å². The molecule has 29 heavy (non-hydrogen) atoms. The van der Waals surface area contributed by atoms with E-state index in [-0.39, 0.29) is 24.0 Å². The quantitative estimate of drug-likeness (QED) is 0.451. The summed E-state index contributed by atoms with van der Waals surface area (Å²) in [7, 11) is 0. The summed E-state index contributed by atoms with van der Waals surface area (Å²) in [5, 5.41) is 19.0. The first-order chi connectivity index (χ1) is 14.0. The Morgan fingerprint density at radius 1 is 1.17 bits per heavy atom. The number of carboxylic acid groups (broad SMARTS) is 1. The van der Waals surface area contributed by atoms with Crippen LogP contribution in [0.4, 0.5) is 0 Å². The summed E-state index contributed by atoms with van der Waals surface area (Å²) >= 11 is 0. The molecule has 5 heteroatoms. The van der Waals surface area contributed by atoms with Gasteiger partial charge < -0.3 is 14.9 Å². The van der Waals surface area contributed by atoms with E-state index in [4.69, 9.17) is 9.84 Å². The maximum Gasteiger partial charge on any atom is 0.303 e. The van der Waals surface area contributed by atoms with Crippen molar-refractivity contribution in [2.24, 2.45) is 5.92 Å². The lowest BCUT2D eigenvalue weighted by Gasteiger charge is -2.31. The molecule has 2 rings (SSSR count). The van der Waals surface area contributed by atoms with Gasteiger partial charge in [0.15, 0.2) is 0 Å². The van der Waals surface area contributed by atoms with E-state index in [9.17, 15) is 14.7 Å². The van der Waals surface area contributed by atoms with Crippen molar-refractivity contribution in [1.82, 2.24) is 0 Å². The molecule has 0 heterocycles. The predicted octanol–water partition coefficient (Wildman–Crippen LogP) is 5.02. The molecule has 3 atom stereocenters. The fourth-order valence-corrected chi connectivity index (χ4v) is 4.16. The maximum absolute atomic E-state index is 12.6. The predicted molar refractivity (Wildman–Crippen MR) is 113 cm³/mol. The number of rotatable bonds is 13. The van der Waals surface area contributed by atoms with Crippen LogP contribution < -0.4 is 0 Å². The summed E-state index contributed by atoms with van der Waals surface area (Å²) in [5.74, 6) is -0.487. The van der Waals surface area contributed by atoms with Gasteiger partial charge >= 0.3 is 5.97 Å². The molecule has 2 N–H and O–H groups in total. The lowest BCUT2D eigenvalue weighted by Crippen LogP contribution is -2.30. The van der Waals surface area contributed by atoms with Gasteiger partial charge in [-0.05, 0) is 49.1 Å². The molecule has 0 aliphatic heterocycles. The SMILES string of the molecule is CCCCCC(O)c1ccc(C2C(=O)CCCC2COCCCCC(=O)O)cc1. The van der Waals surface area contributed by atoms with Crippen molar-refractivity contribution in [1.29, 1.82) is 0 Å². The largest absolute Gasteiger partial charge is 0.481 e. The minimum atomic E-state index is -0.776. The fraction of sp³-hybridized carbons (Fsp3) is 0.667. The van der Waals surface area contributed by atoms with Gasteiger partial charge in [-0.2, -0.15) is 0 Å². The van der Waals surface area contributed by atoms with Crippen molar-refractivity contribution in [3.63, 3.8) is 0 Å². The monoisotopic (exact) mass is 404 g/mol. The zero-order valence-corrected chi connectivity index (χ0v) is 17.6. The van der Waals surface area contributed by atoms with Crippen molar-refractivity contribution in [2.75, 3.05) is 13.2 Å². The molecule has 0 saturated heterocycles. The zero-order valence-electron chi connectivity index (χ0n) is 17.6. The Labute approximate surface area is 174 Å². The van der Waals surface area contributed by atoms with Crippen LogP contribution >= 0.6 is 0 Å². The lowest BCUT2D eigenvalue weighted by molar-refractivity contribution is -0.137. The second-order valence-corrected chi connectivity index (χ2v) is 8.20. The second-order valence-electron chi connectivity index (χ2n) is 8.20. The van der Waals surface area contributed by atoms with Gasteiger partial charge in [0.2, 0.25) is 0 Å². The number of hydrogen-bond acceptors (Lipinski definition) is 4. The van der Waals surface area contributed by atoms with Gasteiger partial charge in [-0.25, -0.2) is 0 Å². The van der Waals surface area contributed by atoms with Crippen molar-refractivity contribution in [3.05, 3.63) is 35.4 Å². The first-order valence-corrected chi connectivity index (χ1v) is 11.1. The van der Waals surface area contributed by atoms with Gasteiger partial charge in [-0.15, -0.1) is 0 Å². The van der Waals surface area contributed by atoms with Crippen LogP contribution in [0.5, 0.6) is 0 Å². The molecule has 1 saturated carbocycles. The van der Waals surface area contributed by atoms with E-state index >= 15 is 0 Å². The highest BCUT2D eigenvalue weighted by Gasteiger charge is 2.33. The summed E-state index contributed by atoms with van der Waals surface area (Å²) in [6.07, 6.45) is 7.60. The molecule has 1 aliphatic rings. The first kappa shape index (κ1) is 23.6.